The summed E-state index contributed by atoms with van der Waals surface area (Å²) in [5, 5.41) is 3.08. The minimum atomic E-state index is -0.173. The molecule has 1 saturated carbocycles. The van der Waals surface area contributed by atoms with Gasteiger partial charge in [-0.1, -0.05) is 27.7 Å². The van der Waals surface area contributed by atoms with Gasteiger partial charge in [0.05, 0.1) is 7.11 Å². The molecule has 0 spiro atoms. The predicted octanol–water partition coefficient (Wildman–Crippen LogP) is 1.58. The van der Waals surface area contributed by atoms with Crippen molar-refractivity contribution < 1.29 is 9.53 Å². The Morgan fingerprint density at radius 3 is 2.50 bits per heavy atom. The van der Waals surface area contributed by atoms with Crippen LogP contribution in [0.5, 0.6) is 5.88 Å². The first-order valence-corrected chi connectivity index (χ1v) is 6.78. The van der Waals surface area contributed by atoms with Gasteiger partial charge in [0.15, 0.2) is 0 Å². The summed E-state index contributed by atoms with van der Waals surface area (Å²) in [6, 6.07) is 3.50. The molecule has 1 aromatic rings. The molecule has 0 aliphatic heterocycles. The Morgan fingerprint density at radius 2 is 1.95 bits per heavy atom. The van der Waals surface area contributed by atoms with Crippen molar-refractivity contribution in [3.8, 4) is 5.88 Å². The molecule has 1 heterocycles. The fourth-order valence-electron chi connectivity index (χ4n) is 3.49. The normalized spacial score (nSPS) is 26.5. The standard InChI is InChI=1S/C15H23N3O2/c1-14(2)12(16)15(3,4)13(14)18-10(19)9-7-6-8-17-11(9)20-5/h6-8,12-13H,16H2,1-5H3,(H,18,19). The molecule has 110 valence electrons. The third-order valence-corrected chi connectivity index (χ3v) is 4.58. The van der Waals surface area contributed by atoms with E-state index in [1.165, 1.54) is 7.11 Å². The summed E-state index contributed by atoms with van der Waals surface area (Å²) in [6.45, 7) is 8.31. The lowest BCUT2D eigenvalue weighted by Crippen LogP contribution is -2.76. The van der Waals surface area contributed by atoms with Gasteiger partial charge in [0, 0.05) is 29.1 Å². The number of rotatable bonds is 3. The van der Waals surface area contributed by atoms with Crippen molar-refractivity contribution in [2.75, 3.05) is 7.11 Å². The summed E-state index contributed by atoms with van der Waals surface area (Å²) in [5.74, 6) is 0.164. The average molecular weight is 277 g/mol. The second kappa shape index (κ2) is 4.74. The minimum absolute atomic E-state index is 0.0161. The highest BCUT2D eigenvalue weighted by Gasteiger charge is 2.60. The summed E-state index contributed by atoms with van der Waals surface area (Å²) < 4.78 is 5.13. The number of nitrogens with one attached hydrogen (secondary N) is 1. The van der Waals surface area contributed by atoms with Crippen molar-refractivity contribution in [2.45, 2.75) is 39.8 Å². The Morgan fingerprint density at radius 1 is 1.35 bits per heavy atom. The Labute approximate surface area is 119 Å². The SMILES string of the molecule is COc1ncccc1C(=O)NC1C(C)(C)C(N)C1(C)C. The molecule has 1 aliphatic rings. The van der Waals surface area contributed by atoms with Gasteiger partial charge in [0.2, 0.25) is 5.88 Å². The number of hydrogen-bond acceptors (Lipinski definition) is 4. The summed E-state index contributed by atoms with van der Waals surface area (Å²) >= 11 is 0. The maximum atomic E-state index is 12.4. The van der Waals surface area contributed by atoms with E-state index in [-0.39, 0.29) is 28.8 Å². The quantitative estimate of drug-likeness (QED) is 0.879. The first-order valence-electron chi connectivity index (χ1n) is 6.78. The first-order chi connectivity index (χ1) is 9.22. The van der Waals surface area contributed by atoms with E-state index in [0.717, 1.165) is 0 Å². The van der Waals surface area contributed by atoms with Crippen LogP contribution in [0.15, 0.2) is 18.3 Å². The van der Waals surface area contributed by atoms with E-state index in [1.54, 1.807) is 18.3 Å². The van der Waals surface area contributed by atoms with E-state index >= 15 is 0 Å². The second-order valence-corrected chi connectivity index (χ2v) is 6.59. The molecular weight excluding hydrogens is 254 g/mol. The van der Waals surface area contributed by atoms with Crippen LogP contribution in [0.3, 0.4) is 0 Å². The van der Waals surface area contributed by atoms with Gasteiger partial charge in [0.1, 0.15) is 5.56 Å². The average Bonchev–Trinajstić information content (AvgIpc) is 2.43. The predicted molar refractivity (Wildman–Crippen MR) is 77.6 cm³/mol. The molecule has 0 radical (unpaired) electrons. The van der Waals surface area contributed by atoms with Crippen molar-refractivity contribution in [2.24, 2.45) is 16.6 Å². The summed E-state index contributed by atoms with van der Waals surface area (Å²) in [4.78, 5) is 16.5. The largest absolute Gasteiger partial charge is 0.480 e. The Hall–Kier alpha value is -1.62. The number of pyridine rings is 1. The highest BCUT2D eigenvalue weighted by atomic mass is 16.5. The number of nitrogens with zero attached hydrogens (tertiary/aromatic N) is 1. The zero-order valence-corrected chi connectivity index (χ0v) is 12.7. The van der Waals surface area contributed by atoms with Crippen LogP contribution in [-0.2, 0) is 0 Å². The second-order valence-electron chi connectivity index (χ2n) is 6.59. The monoisotopic (exact) mass is 277 g/mol. The van der Waals surface area contributed by atoms with Gasteiger partial charge >= 0.3 is 0 Å². The van der Waals surface area contributed by atoms with E-state index < -0.39 is 0 Å². The zero-order chi connectivity index (χ0) is 15.1. The molecule has 1 fully saturated rings. The van der Waals surface area contributed by atoms with Crippen molar-refractivity contribution in [1.82, 2.24) is 10.3 Å². The topological polar surface area (TPSA) is 77.2 Å². The fourth-order valence-corrected chi connectivity index (χ4v) is 3.49. The number of hydrogen-bond donors (Lipinski definition) is 2. The number of nitrogens with two attached hydrogens (primary N) is 1. The van der Waals surface area contributed by atoms with Gasteiger partial charge in [-0.2, -0.15) is 0 Å². The molecule has 0 atom stereocenters. The van der Waals surface area contributed by atoms with E-state index in [0.29, 0.717) is 11.4 Å². The Bertz CT molecular complexity index is 510. The highest BCUT2D eigenvalue weighted by Crippen LogP contribution is 2.52. The number of methoxy groups -OCH3 is 1. The van der Waals surface area contributed by atoms with Gasteiger partial charge in [0.25, 0.3) is 5.91 Å². The minimum Gasteiger partial charge on any atom is -0.480 e. The van der Waals surface area contributed by atoms with Gasteiger partial charge in [-0.05, 0) is 12.1 Å². The summed E-state index contributed by atoms with van der Waals surface area (Å²) in [5.41, 5.74) is 6.39. The van der Waals surface area contributed by atoms with Crippen LogP contribution in [0, 0.1) is 10.8 Å². The molecule has 0 saturated heterocycles. The molecule has 1 aliphatic carbocycles. The maximum absolute atomic E-state index is 12.4. The Balaban J connectivity index is 2.20. The molecule has 0 bridgehead atoms. The van der Waals surface area contributed by atoms with Crippen molar-refractivity contribution >= 4 is 5.91 Å². The van der Waals surface area contributed by atoms with E-state index in [2.05, 4.69) is 38.0 Å². The molecule has 1 amide bonds. The molecule has 1 aromatic heterocycles. The molecule has 2 rings (SSSR count). The molecule has 5 heteroatoms. The molecule has 3 N–H and O–H groups in total. The van der Waals surface area contributed by atoms with Gasteiger partial charge < -0.3 is 15.8 Å². The third-order valence-electron chi connectivity index (χ3n) is 4.58. The number of carbonyl (C=O) groups excluding carboxylic acids is 1. The van der Waals surface area contributed by atoms with E-state index in [1.807, 2.05) is 0 Å². The Kier molecular flexibility index (Phi) is 3.50. The van der Waals surface area contributed by atoms with Crippen LogP contribution in [-0.4, -0.2) is 30.1 Å². The summed E-state index contributed by atoms with van der Waals surface area (Å²) in [6.07, 6.45) is 1.60. The lowest BCUT2D eigenvalue weighted by atomic mass is 9.48. The third kappa shape index (κ3) is 2.06. The van der Waals surface area contributed by atoms with Crippen molar-refractivity contribution in [1.29, 1.82) is 0 Å². The van der Waals surface area contributed by atoms with Crippen molar-refractivity contribution in [3.63, 3.8) is 0 Å². The van der Waals surface area contributed by atoms with Crippen LogP contribution in [0.25, 0.3) is 0 Å². The zero-order valence-electron chi connectivity index (χ0n) is 12.7. The van der Waals surface area contributed by atoms with E-state index in [9.17, 15) is 4.79 Å². The van der Waals surface area contributed by atoms with Crippen LogP contribution < -0.4 is 15.8 Å². The number of aromatic nitrogens is 1. The fraction of sp³-hybridized carbons (Fsp3) is 0.600. The van der Waals surface area contributed by atoms with Gasteiger partial charge in [-0.15, -0.1) is 0 Å². The summed E-state index contributed by atoms with van der Waals surface area (Å²) in [7, 11) is 1.51. The molecule has 0 unspecified atom stereocenters. The highest BCUT2D eigenvalue weighted by molar-refractivity contribution is 5.96. The molecule has 20 heavy (non-hydrogen) atoms. The van der Waals surface area contributed by atoms with E-state index in [4.69, 9.17) is 10.5 Å². The smallest absolute Gasteiger partial charge is 0.257 e. The first kappa shape index (κ1) is 14.8. The van der Waals surface area contributed by atoms with Crippen LogP contribution in [0.2, 0.25) is 0 Å². The molecule has 5 nitrogen and oxygen atoms in total. The van der Waals surface area contributed by atoms with Gasteiger partial charge in [-0.3, -0.25) is 4.79 Å². The number of ether oxygens (including phenoxy) is 1. The maximum Gasteiger partial charge on any atom is 0.257 e. The molecule has 0 aromatic carbocycles. The van der Waals surface area contributed by atoms with Crippen LogP contribution >= 0.6 is 0 Å². The van der Waals surface area contributed by atoms with Gasteiger partial charge in [-0.25, -0.2) is 4.98 Å². The number of amides is 1. The molecular formula is C15H23N3O2. The number of carbonyl (C=O) groups is 1. The van der Waals surface area contributed by atoms with Crippen LogP contribution in [0.1, 0.15) is 38.1 Å². The van der Waals surface area contributed by atoms with Crippen molar-refractivity contribution in [3.05, 3.63) is 23.9 Å². The lowest BCUT2D eigenvalue weighted by molar-refractivity contribution is -0.0663. The lowest BCUT2D eigenvalue weighted by Gasteiger charge is -2.62. The van der Waals surface area contributed by atoms with Crippen LogP contribution in [0.4, 0.5) is 0 Å².